The summed E-state index contributed by atoms with van der Waals surface area (Å²) in [6.45, 7) is 8.30. The van der Waals surface area contributed by atoms with Crippen LogP contribution in [0.3, 0.4) is 0 Å². The zero-order valence-corrected chi connectivity index (χ0v) is 17.2. The Labute approximate surface area is 165 Å². The van der Waals surface area contributed by atoms with E-state index in [9.17, 15) is 19.8 Å². The summed E-state index contributed by atoms with van der Waals surface area (Å²) in [4.78, 5) is 26.8. The first-order valence-corrected chi connectivity index (χ1v) is 10.2. The van der Waals surface area contributed by atoms with E-state index < -0.39 is 5.41 Å². The molecule has 0 radical (unpaired) electrons. The predicted octanol–water partition coefficient (Wildman–Crippen LogP) is 3.33. The van der Waals surface area contributed by atoms with E-state index in [1.165, 1.54) is 0 Å². The molecular formula is C22H30N2O4. The lowest BCUT2D eigenvalue weighted by Gasteiger charge is -2.38. The third-order valence-electron chi connectivity index (χ3n) is 6.27. The fourth-order valence-electron chi connectivity index (χ4n) is 4.97. The van der Waals surface area contributed by atoms with E-state index in [-0.39, 0.29) is 33.7 Å². The summed E-state index contributed by atoms with van der Waals surface area (Å²) in [7, 11) is 0. The van der Waals surface area contributed by atoms with Crippen LogP contribution in [0.15, 0.2) is 21.7 Å². The Kier molecular flexibility index (Phi) is 5.41. The van der Waals surface area contributed by atoms with Gasteiger partial charge < -0.3 is 19.3 Å². The molecule has 0 saturated heterocycles. The Hall–Kier alpha value is -2.50. The van der Waals surface area contributed by atoms with Gasteiger partial charge in [0.05, 0.1) is 11.1 Å². The summed E-state index contributed by atoms with van der Waals surface area (Å²) >= 11 is 0. The summed E-state index contributed by atoms with van der Waals surface area (Å²) < 4.78 is 3.24. The summed E-state index contributed by atoms with van der Waals surface area (Å²) in [5.74, 6) is -0.173. The molecule has 1 aliphatic carbocycles. The van der Waals surface area contributed by atoms with Gasteiger partial charge >= 0.3 is 0 Å². The van der Waals surface area contributed by atoms with Crippen molar-refractivity contribution in [1.29, 1.82) is 0 Å². The SMILES string of the molecule is CCn1c(C)cc(O)c(C2(c3c(O)cc(C)n(CC)c3=O)CCCCC2)c1=O. The van der Waals surface area contributed by atoms with E-state index >= 15 is 0 Å². The Morgan fingerprint density at radius 2 is 1.21 bits per heavy atom. The smallest absolute Gasteiger partial charge is 0.258 e. The van der Waals surface area contributed by atoms with Gasteiger partial charge in [0.2, 0.25) is 0 Å². The standard InChI is InChI=1S/C22H30N2O4/c1-5-23-14(3)12-16(25)18(20(23)27)22(10-8-7-9-11-22)19-17(26)13-15(4)24(6-2)21(19)28/h12-13,25-26H,5-11H2,1-4H3. The zero-order chi connectivity index (χ0) is 20.6. The molecule has 0 amide bonds. The van der Waals surface area contributed by atoms with E-state index in [2.05, 4.69) is 0 Å². The molecule has 0 atom stereocenters. The normalized spacial score (nSPS) is 16.3. The number of hydrogen-bond donors (Lipinski definition) is 2. The maximum atomic E-state index is 13.4. The van der Waals surface area contributed by atoms with Crippen molar-refractivity contribution >= 4 is 0 Å². The monoisotopic (exact) mass is 386 g/mol. The predicted molar refractivity (Wildman–Crippen MR) is 109 cm³/mol. The van der Waals surface area contributed by atoms with Crippen LogP contribution in [-0.4, -0.2) is 19.3 Å². The molecule has 1 aliphatic rings. The minimum atomic E-state index is -0.976. The zero-order valence-electron chi connectivity index (χ0n) is 17.2. The van der Waals surface area contributed by atoms with Gasteiger partial charge in [0.1, 0.15) is 11.5 Å². The molecule has 28 heavy (non-hydrogen) atoms. The highest BCUT2D eigenvalue weighted by Gasteiger charge is 2.44. The molecule has 2 aromatic rings. The molecule has 6 heteroatoms. The number of aromatic hydroxyl groups is 2. The first-order chi connectivity index (χ1) is 13.3. The molecule has 152 valence electrons. The largest absolute Gasteiger partial charge is 0.507 e. The maximum absolute atomic E-state index is 13.4. The van der Waals surface area contributed by atoms with Gasteiger partial charge in [-0.2, -0.15) is 0 Å². The highest BCUT2D eigenvalue weighted by atomic mass is 16.3. The minimum Gasteiger partial charge on any atom is -0.507 e. The Balaban J connectivity index is 2.44. The number of pyridine rings is 2. The van der Waals surface area contributed by atoms with E-state index in [1.807, 2.05) is 13.8 Å². The van der Waals surface area contributed by atoms with Crippen molar-refractivity contribution in [2.45, 2.75) is 78.3 Å². The van der Waals surface area contributed by atoms with Crippen LogP contribution in [0.4, 0.5) is 0 Å². The van der Waals surface area contributed by atoms with Gasteiger partial charge in [0.15, 0.2) is 0 Å². The van der Waals surface area contributed by atoms with Crippen LogP contribution in [0.2, 0.25) is 0 Å². The summed E-state index contributed by atoms with van der Waals surface area (Å²) in [6, 6.07) is 3.19. The quantitative estimate of drug-likeness (QED) is 0.844. The van der Waals surface area contributed by atoms with Gasteiger partial charge in [0, 0.05) is 29.9 Å². The van der Waals surface area contributed by atoms with E-state index in [4.69, 9.17) is 0 Å². The number of rotatable bonds is 4. The molecule has 2 heterocycles. The molecule has 0 aromatic carbocycles. The topological polar surface area (TPSA) is 84.5 Å². The highest BCUT2D eigenvalue weighted by molar-refractivity contribution is 5.51. The molecule has 2 aromatic heterocycles. The maximum Gasteiger partial charge on any atom is 0.258 e. The van der Waals surface area contributed by atoms with Crippen molar-refractivity contribution in [3.05, 3.63) is 55.4 Å². The van der Waals surface area contributed by atoms with Gasteiger partial charge in [-0.15, -0.1) is 0 Å². The lowest BCUT2D eigenvalue weighted by Crippen LogP contribution is -2.43. The van der Waals surface area contributed by atoms with Crippen molar-refractivity contribution in [2.75, 3.05) is 0 Å². The van der Waals surface area contributed by atoms with Gasteiger partial charge in [-0.3, -0.25) is 9.59 Å². The van der Waals surface area contributed by atoms with E-state index in [0.29, 0.717) is 37.3 Å². The fraction of sp³-hybridized carbons (Fsp3) is 0.545. The third kappa shape index (κ3) is 2.95. The second-order valence-corrected chi connectivity index (χ2v) is 7.83. The summed E-state index contributed by atoms with van der Waals surface area (Å²) in [5.41, 5.74) is 0.332. The fourth-order valence-corrected chi connectivity index (χ4v) is 4.97. The van der Waals surface area contributed by atoms with Crippen LogP contribution in [-0.2, 0) is 18.5 Å². The average Bonchev–Trinajstić information content (AvgIpc) is 2.62. The molecular weight excluding hydrogens is 356 g/mol. The number of aryl methyl sites for hydroxylation is 2. The number of nitrogens with zero attached hydrogens (tertiary/aromatic N) is 2. The van der Waals surface area contributed by atoms with E-state index in [1.54, 1.807) is 35.1 Å². The highest BCUT2D eigenvalue weighted by Crippen LogP contribution is 2.48. The molecule has 0 bridgehead atoms. The lowest BCUT2D eigenvalue weighted by molar-refractivity contribution is 0.311. The average molecular weight is 386 g/mol. The van der Waals surface area contributed by atoms with Crippen molar-refractivity contribution < 1.29 is 10.2 Å². The van der Waals surface area contributed by atoms with Crippen molar-refractivity contribution in [3.63, 3.8) is 0 Å². The minimum absolute atomic E-state index is 0.0866. The second-order valence-electron chi connectivity index (χ2n) is 7.83. The van der Waals surface area contributed by atoms with Gasteiger partial charge in [0.25, 0.3) is 11.1 Å². The van der Waals surface area contributed by atoms with Crippen LogP contribution >= 0.6 is 0 Å². The van der Waals surface area contributed by atoms with Gasteiger partial charge in [-0.25, -0.2) is 0 Å². The van der Waals surface area contributed by atoms with Gasteiger partial charge in [-0.1, -0.05) is 19.3 Å². The Morgan fingerprint density at radius 3 is 1.57 bits per heavy atom. The van der Waals surface area contributed by atoms with Crippen molar-refractivity contribution in [1.82, 2.24) is 9.13 Å². The molecule has 0 aliphatic heterocycles. The Morgan fingerprint density at radius 1 is 0.821 bits per heavy atom. The van der Waals surface area contributed by atoms with Crippen LogP contribution < -0.4 is 11.1 Å². The summed E-state index contributed by atoms with van der Waals surface area (Å²) in [6.07, 6.45) is 3.77. The molecule has 6 nitrogen and oxygen atoms in total. The second kappa shape index (κ2) is 7.49. The molecule has 1 saturated carbocycles. The van der Waals surface area contributed by atoms with Crippen LogP contribution in [0, 0.1) is 13.8 Å². The van der Waals surface area contributed by atoms with Gasteiger partial charge in [-0.05, 0) is 52.7 Å². The molecule has 0 spiro atoms. The van der Waals surface area contributed by atoms with Crippen molar-refractivity contribution in [3.8, 4) is 11.5 Å². The molecule has 2 N–H and O–H groups in total. The molecule has 1 fully saturated rings. The molecule has 0 unspecified atom stereocenters. The van der Waals surface area contributed by atoms with Crippen LogP contribution in [0.25, 0.3) is 0 Å². The first kappa shape index (κ1) is 20.2. The number of aromatic nitrogens is 2. The number of hydrogen-bond acceptors (Lipinski definition) is 4. The summed E-state index contributed by atoms with van der Waals surface area (Å²) in [5, 5.41) is 21.7. The van der Waals surface area contributed by atoms with Crippen LogP contribution in [0.1, 0.15) is 68.5 Å². The molecule has 3 rings (SSSR count). The first-order valence-electron chi connectivity index (χ1n) is 10.2. The lowest BCUT2D eigenvalue weighted by atomic mass is 9.65. The Bertz CT molecular complexity index is 935. The third-order valence-corrected chi connectivity index (χ3v) is 6.27. The van der Waals surface area contributed by atoms with E-state index in [0.717, 1.165) is 19.3 Å². The van der Waals surface area contributed by atoms with Crippen molar-refractivity contribution in [2.24, 2.45) is 0 Å². The van der Waals surface area contributed by atoms with Crippen LogP contribution in [0.5, 0.6) is 11.5 Å².